The lowest BCUT2D eigenvalue weighted by molar-refractivity contribution is -0.137. The van der Waals surface area contributed by atoms with Crippen molar-refractivity contribution in [2.75, 3.05) is 16.8 Å². The molecule has 0 atom stereocenters. The summed E-state index contributed by atoms with van der Waals surface area (Å²) >= 11 is 0. The van der Waals surface area contributed by atoms with Gasteiger partial charge in [-0.15, -0.1) is 0 Å². The molecule has 0 fully saturated rings. The van der Waals surface area contributed by atoms with E-state index in [0.29, 0.717) is 23.4 Å². The Hall–Kier alpha value is -4.26. The SMILES string of the molecule is CCN(C1=C(c2ccc(NC(C)=O)cc2)C(=O)N(Cc2ccc(F)cc2)C1=O)c1ccccc1. The van der Waals surface area contributed by atoms with Crippen molar-refractivity contribution < 1.29 is 18.8 Å². The van der Waals surface area contributed by atoms with Crippen LogP contribution in [0.25, 0.3) is 5.57 Å². The maximum Gasteiger partial charge on any atom is 0.278 e. The Morgan fingerprint density at radius 3 is 2.15 bits per heavy atom. The Morgan fingerprint density at radius 1 is 0.912 bits per heavy atom. The topological polar surface area (TPSA) is 69.7 Å². The summed E-state index contributed by atoms with van der Waals surface area (Å²) in [4.78, 5) is 41.6. The number of nitrogens with one attached hydrogen (secondary N) is 1. The first kappa shape index (κ1) is 22.9. The monoisotopic (exact) mass is 457 g/mol. The molecule has 3 amide bonds. The van der Waals surface area contributed by atoms with Crippen molar-refractivity contribution in [1.29, 1.82) is 0 Å². The second kappa shape index (κ2) is 9.70. The van der Waals surface area contributed by atoms with Gasteiger partial charge < -0.3 is 10.2 Å². The highest BCUT2D eigenvalue weighted by Gasteiger charge is 2.41. The van der Waals surface area contributed by atoms with Gasteiger partial charge in [0, 0.05) is 24.8 Å². The molecular weight excluding hydrogens is 433 g/mol. The zero-order valence-electron chi connectivity index (χ0n) is 18.9. The zero-order valence-corrected chi connectivity index (χ0v) is 18.9. The molecule has 172 valence electrons. The standard InChI is InChI=1S/C27H24FN3O3/c1-3-30(23-7-5-4-6-8-23)25-24(20-11-15-22(16-12-20)29-18(2)32)26(33)31(27(25)34)17-19-9-13-21(28)14-10-19/h4-16H,3,17H2,1-2H3,(H,29,32). The maximum atomic E-state index is 13.6. The average Bonchev–Trinajstić information content (AvgIpc) is 3.07. The van der Waals surface area contributed by atoms with E-state index in [9.17, 15) is 18.8 Å². The molecule has 3 aromatic rings. The van der Waals surface area contributed by atoms with Gasteiger partial charge in [-0.2, -0.15) is 0 Å². The van der Waals surface area contributed by atoms with E-state index in [1.165, 1.54) is 24.0 Å². The highest BCUT2D eigenvalue weighted by molar-refractivity contribution is 6.36. The molecule has 3 aromatic carbocycles. The van der Waals surface area contributed by atoms with Crippen molar-refractivity contribution in [3.8, 4) is 0 Å². The molecule has 0 saturated heterocycles. The summed E-state index contributed by atoms with van der Waals surface area (Å²) in [6.45, 7) is 3.83. The number of hydrogen-bond acceptors (Lipinski definition) is 4. The number of hydrogen-bond donors (Lipinski definition) is 1. The largest absolute Gasteiger partial charge is 0.337 e. The lowest BCUT2D eigenvalue weighted by Gasteiger charge is -2.25. The van der Waals surface area contributed by atoms with E-state index in [0.717, 1.165) is 5.69 Å². The number of imide groups is 1. The fourth-order valence-electron chi connectivity index (χ4n) is 3.99. The predicted octanol–water partition coefficient (Wildman–Crippen LogP) is 4.59. The number of rotatable bonds is 7. The minimum atomic E-state index is -0.425. The van der Waals surface area contributed by atoms with E-state index < -0.39 is 11.8 Å². The Kier molecular flexibility index (Phi) is 6.54. The van der Waals surface area contributed by atoms with Crippen molar-refractivity contribution in [3.05, 3.63) is 102 Å². The van der Waals surface area contributed by atoms with Crippen molar-refractivity contribution in [1.82, 2.24) is 4.90 Å². The van der Waals surface area contributed by atoms with Crippen LogP contribution in [-0.4, -0.2) is 29.2 Å². The lowest BCUT2D eigenvalue weighted by atomic mass is 10.0. The molecule has 1 aliphatic rings. The molecule has 4 rings (SSSR count). The quantitative estimate of drug-likeness (QED) is 0.527. The van der Waals surface area contributed by atoms with Crippen LogP contribution < -0.4 is 10.2 Å². The van der Waals surface area contributed by atoms with Gasteiger partial charge in [0.1, 0.15) is 11.5 Å². The number of para-hydroxylation sites is 1. The van der Waals surface area contributed by atoms with Crippen LogP contribution >= 0.6 is 0 Å². The summed E-state index contributed by atoms with van der Waals surface area (Å²) in [5, 5.41) is 2.70. The van der Waals surface area contributed by atoms with Gasteiger partial charge in [-0.25, -0.2) is 4.39 Å². The van der Waals surface area contributed by atoms with Gasteiger partial charge in [0.05, 0.1) is 12.1 Å². The van der Waals surface area contributed by atoms with Gasteiger partial charge in [-0.1, -0.05) is 42.5 Å². The summed E-state index contributed by atoms with van der Waals surface area (Å²) in [5.41, 5.74) is 3.16. The third-order valence-corrected chi connectivity index (χ3v) is 5.55. The molecule has 34 heavy (non-hydrogen) atoms. The number of anilines is 2. The fraction of sp³-hybridized carbons (Fsp3) is 0.148. The lowest BCUT2D eigenvalue weighted by Crippen LogP contribution is -2.34. The first-order valence-electron chi connectivity index (χ1n) is 10.9. The van der Waals surface area contributed by atoms with Crippen LogP contribution in [0.4, 0.5) is 15.8 Å². The number of carbonyl (C=O) groups is 3. The number of carbonyl (C=O) groups excluding carboxylic acids is 3. The van der Waals surface area contributed by atoms with Crippen LogP contribution in [0.5, 0.6) is 0 Å². The Balaban J connectivity index is 1.78. The second-order valence-corrected chi connectivity index (χ2v) is 7.88. The third-order valence-electron chi connectivity index (χ3n) is 5.55. The summed E-state index contributed by atoms with van der Waals surface area (Å²) < 4.78 is 13.4. The smallest absolute Gasteiger partial charge is 0.278 e. The molecule has 0 spiro atoms. The molecule has 0 saturated carbocycles. The van der Waals surface area contributed by atoms with E-state index in [1.807, 2.05) is 42.2 Å². The van der Waals surface area contributed by atoms with Gasteiger partial charge >= 0.3 is 0 Å². The molecule has 1 N–H and O–H groups in total. The highest BCUT2D eigenvalue weighted by atomic mass is 19.1. The summed E-state index contributed by atoms with van der Waals surface area (Å²) in [5.74, 6) is -1.43. The van der Waals surface area contributed by atoms with E-state index in [-0.39, 0.29) is 29.5 Å². The Morgan fingerprint density at radius 2 is 1.56 bits per heavy atom. The maximum absolute atomic E-state index is 13.6. The van der Waals surface area contributed by atoms with Crippen LogP contribution in [0.1, 0.15) is 25.0 Å². The van der Waals surface area contributed by atoms with Crippen molar-refractivity contribution >= 4 is 34.7 Å². The number of amides is 3. The van der Waals surface area contributed by atoms with E-state index in [4.69, 9.17) is 0 Å². The molecule has 0 radical (unpaired) electrons. The van der Waals surface area contributed by atoms with Crippen molar-refractivity contribution in [3.63, 3.8) is 0 Å². The molecule has 0 aromatic heterocycles. The molecular formula is C27H24FN3O3. The third kappa shape index (κ3) is 4.59. The van der Waals surface area contributed by atoms with Crippen LogP contribution in [0.2, 0.25) is 0 Å². The van der Waals surface area contributed by atoms with Gasteiger partial charge in [0.15, 0.2) is 0 Å². The molecule has 1 heterocycles. The normalized spacial score (nSPS) is 13.4. The first-order chi connectivity index (χ1) is 16.4. The number of halogens is 1. The van der Waals surface area contributed by atoms with Gasteiger partial charge in [-0.3, -0.25) is 19.3 Å². The van der Waals surface area contributed by atoms with Crippen molar-refractivity contribution in [2.24, 2.45) is 0 Å². The van der Waals surface area contributed by atoms with E-state index in [2.05, 4.69) is 5.32 Å². The van der Waals surface area contributed by atoms with Crippen molar-refractivity contribution in [2.45, 2.75) is 20.4 Å². The highest BCUT2D eigenvalue weighted by Crippen LogP contribution is 2.35. The van der Waals surface area contributed by atoms with E-state index in [1.54, 1.807) is 36.4 Å². The Labute approximate surface area is 197 Å². The van der Waals surface area contributed by atoms with E-state index >= 15 is 0 Å². The Bertz CT molecular complexity index is 1250. The molecule has 0 unspecified atom stereocenters. The molecule has 0 bridgehead atoms. The van der Waals surface area contributed by atoms with Gasteiger partial charge in [0.25, 0.3) is 11.8 Å². The number of benzene rings is 3. The fourth-order valence-corrected chi connectivity index (χ4v) is 3.99. The molecule has 1 aliphatic heterocycles. The predicted molar refractivity (Wildman–Crippen MR) is 129 cm³/mol. The van der Waals surface area contributed by atoms with Crippen LogP contribution in [0, 0.1) is 5.82 Å². The molecule has 0 aliphatic carbocycles. The summed E-state index contributed by atoms with van der Waals surface area (Å²) in [6, 6.07) is 21.9. The molecule has 6 nitrogen and oxygen atoms in total. The summed E-state index contributed by atoms with van der Waals surface area (Å²) in [7, 11) is 0. The van der Waals surface area contributed by atoms with Crippen LogP contribution in [0.3, 0.4) is 0 Å². The minimum absolute atomic E-state index is 0.0290. The van der Waals surface area contributed by atoms with Crippen LogP contribution in [-0.2, 0) is 20.9 Å². The minimum Gasteiger partial charge on any atom is -0.337 e. The van der Waals surface area contributed by atoms with Gasteiger partial charge in [-0.05, 0) is 54.4 Å². The number of likely N-dealkylation sites (N-methyl/N-ethyl adjacent to an activating group) is 1. The zero-order chi connectivity index (χ0) is 24.2. The molecule has 7 heteroatoms. The van der Waals surface area contributed by atoms with Gasteiger partial charge in [0.2, 0.25) is 5.91 Å². The first-order valence-corrected chi connectivity index (χ1v) is 10.9. The average molecular weight is 458 g/mol. The summed E-state index contributed by atoms with van der Waals surface area (Å²) in [6.07, 6.45) is 0. The number of nitrogens with zero attached hydrogens (tertiary/aromatic N) is 2. The second-order valence-electron chi connectivity index (χ2n) is 7.88. The van der Waals surface area contributed by atoms with Crippen LogP contribution in [0.15, 0.2) is 84.6 Å².